The zero-order chi connectivity index (χ0) is 31.0. The number of halogens is 7. The summed E-state index contributed by atoms with van der Waals surface area (Å²) < 4.78 is 95.4. The minimum atomic E-state index is -4.93. The van der Waals surface area contributed by atoms with Gasteiger partial charge < -0.3 is 14.7 Å². The largest absolute Gasteiger partial charge is 0.416 e. The number of hydrogen-bond donors (Lipinski definition) is 0. The molecule has 0 radical (unpaired) electrons. The number of hydrogen-bond acceptors (Lipinski definition) is 3. The predicted molar refractivity (Wildman–Crippen MR) is 141 cm³/mol. The molecule has 0 bridgehead atoms. The van der Waals surface area contributed by atoms with Gasteiger partial charge in [-0.25, -0.2) is 9.18 Å². The van der Waals surface area contributed by atoms with Crippen LogP contribution in [0, 0.1) is 5.82 Å². The van der Waals surface area contributed by atoms with Crippen molar-refractivity contribution in [2.45, 2.75) is 57.2 Å². The lowest BCUT2D eigenvalue weighted by molar-refractivity contribution is -0.142. The van der Waals surface area contributed by atoms with Crippen LogP contribution in [0.15, 0.2) is 42.5 Å². The summed E-state index contributed by atoms with van der Waals surface area (Å²) in [6.45, 7) is 5.41. The Balaban J connectivity index is 1.61. The van der Waals surface area contributed by atoms with Crippen molar-refractivity contribution in [1.29, 1.82) is 0 Å². The first-order valence-electron chi connectivity index (χ1n) is 13.6. The van der Waals surface area contributed by atoms with E-state index in [2.05, 4.69) is 4.90 Å². The molecule has 2 heterocycles. The number of piperidine rings is 1. The molecular formula is C29H33F7N4O2. The standard InChI is InChI=1S/C29H33F7N4O2/c1-18(24-16-21(28(31,32)33)6-9-25(24)29(34,35)36)37(3)27(42)40-11-10-23(39-14-12-38(13-15-39)19(2)41)17-26(40)20-4-7-22(30)8-5-20/h4-9,16,18,23,26H,10-15,17H2,1-3H3/t18-,23+,26-/m1/s1. The molecule has 4 rings (SSSR count). The molecule has 6 nitrogen and oxygen atoms in total. The van der Waals surface area contributed by atoms with Crippen molar-refractivity contribution in [3.63, 3.8) is 0 Å². The minimum Gasteiger partial charge on any atom is -0.340 e. The van der Waals surface area contributed by atoms with Crippen LogP contribution in [0.4, 0.5) is 35.5 Å². The van der Waals surface area contributed by atoms with Gasteiger partial charge in [0, 0.05) is 52.7 Å². The Kier molecular flexibility index (Phi) is 9.10. The number of carbonyl (C=O) groups excluding carboxylic acids is 2. The molecule has 2 aliphatic rings. The molecule has 230 valence electrons. The van der Waals surface area contributed by atoms with E-state index in [-0.39, 0.29) is 18.5 Å². The van der Waals surface area contributed by atoms with Gasteiger partial charge in [-0.15, -0.1) is 0 Å². The first kappa shape index (κ1) is 31.6. The second-order valence-electron chi connectivity index (χ2n) is 10.8. The summed E-state index contributed by atoms with van der Waals surface area (Å²) in [5.74, 6) is -0.481. The predicted octanol–water partition coefficient (Wildman–Crippen LogP) is 6.35. The molecule has 13 heteroatoms. The highest BCUT2D eigenvalue weighted by molar-refractivity contribution is 5.75. The third-order valence-corrected chi connectivity index (χ3v) is 8.37. The minimum absolute atomic E-state index is 0.00846. The fourth-order valence-electron chi connectivity index (χ4n) is 5.83. The van der Waals surface area contributed by atoms with Gasteiger partial charge in [0.2, 0.25) is 5.91 Å². The fraction of sp³-hybridized carbons (Fsp3) is 0.517. The zero-order valence-electron chi connectivity index (χ0n) is 23.5. The average molecular weight is 603 g/mol. The number of rotatable bonds is 4. The summed E-state index contributed by atoms with van der Waals surface area (Å²) in [5.41, 5.74) is -2.52. The van der Waals surface area contributed by atoms with Gasteiger partial charge >= 0.3 is 18.4 Å². The molecule has 3 amide bonds. The van der Waals surface area contributed by atoms with Crippen LogP contribution in [0.5, 0.6) is 0 Å². The molecule has 0 aromatic heterocycles. The lowest BCUT2D eigenvalue weighted by Gasteiger charge is -2.47. The van der Waals surface area contributed by atoms with Gasteiger partial charge in [0.1, 0.15) is 5.82 Å². The summed E-state index contributed by atoms with van der Waals surface area (Å²) in [6.07, 6.45) is -8.80. The van der Waals surface area contributed by atoms with Crippen LogP contribution in [-0.4, -0.2) is 77.4 Å². The van der Waals surface area contributed by atoms with Crippen molar-refractivity contribution in [2.75, 3.05) is 39.8 Å². The summed E-state index contributed by atoms with van der Waals surface area (Å²) in [7, 11) is 1.27. The lowest BCUT2D eigenvalue weighted by atomic mass is 9.90. The van der Waals surface area contributed by atoms with Crippen LogP contribution in [0.3, 0.4) is 0 Å². The Labute approximate surface area is 239 Å². The SMILES string of the molecule is CC(=O)N1CCN([C@H]2CCN(C(=O)N(C)[C@H](C)c3cc(C(F)(F)F)ccc3C(F)(F)F)[C@@H](c3ccc(F)cc3)C2)CC1. The maximum absolute atomic E-state index is 13.8. The van der Waals surface area contributed by atoms with Gasteiger partial charge in [0.15, 0.2) is 0 Å². The summed E-state index contributed by atoms with van der Waals surface area (Å²) in [6, 6.07) is 4.32. The number of piperazine rings is 1. The Hall–Kier alpha value is -3.35. The van der Waals surface area contributed by atoms with Crippen LogP contribution in [0.2, 0.25) is 0 Å². The summed E-state index contributed by atoms with van der Waals surface area (Å²) >= 11 is 0. The summed E-state index contributed by atoms with van der Waals surface area (Å²) in [4.78, 5) is 32.1. The Morgan fingerprint density at radius 1 is 0.905 bits per heavy atom. The molecule has 2 aliphatic heterocycles. The van der Waals surface area contributed by atoms with Crippen LogP contribution in [0.1, 0.15) is 61.0 Å². The van der Waals surface area contributed by atoms with E-state index in [1.165, 1.54) is 37.9 Å². The molecule has 0 unspecified atom stereocenters. The highest BCUT2D eigenvalue weighted by Crippen LogP contribution is 2.41. The van der Waals surface area contributed by atoms with E-state index < -0.39 is 53.0 Å². The van der Waals surface area contributed by atoms with Crippen molar-refractivity contribution in [2.24, 2.45) is 0 Å². The molecular weight excluding hydrogens is 569 g/mol. The number of nitrogens with zero attached hydrogens (tertiary/aromatic N) is 4. The molecule has 42 heavy (non-hydrogen) atoms. The molecule has 0 spiro atoms. The molecule has 0 N–H and O–H groups in total. The van der Waals surface area contributed by atoms with Crippen LogP contribution in [0.25, 0.3) is 0 Å². The Morgan fingerprint density at radius 2 is 1.52 bits per heavy atom. The number of likely N-dealkylation sites (tertiary alicyclic amines) is 1. The average Bonchev–Trinajstić information content (AvgIpc) is 2.95. The van der Waals surface area contributed by atoms with E-state index in [4.69, 9.17) is 0 Å². The second-order valence-corrected chi connectivity index (χ2v) is 10.8. The number of benzene rings is 2. The van der Waals surface area contributed by atoms with Gasteiger partial charge in [-0.05, 0) is 61.2 Å². The third-order valence-electron chi connectivity index (χ3n) is 8.37. The number of amides is 3. The van der Waals surface area contributed by atoms with Gasteiger partial charge in [-0.2, -0.15) is 26.3 Å². The molecule has 0 aliphatic carbocycles. The maximum atomic E-state index is 13.8. The molecule has 2 saturated heterocycles. The van der Waals surface area contributed by atoms with Crippen molar-refractivity contribution >= 4 is 11.9 Å². The van der Waals surface area contributed by atoms with Crippen LogP contribution < -0.4 is 0 Å². The Bertz CT molecular complexity index is 1270. The molecule has 0 saturated carbocycles. The molecule has 2 aromatic rings. The zero-order valence-corrected chi connectivity index (χ0v) is 23.5. The van der Waals surface area contributed by atoms with E-state index in [9.17, 15) is 40.3 Å². The van der Waals surface area contributed by atoms with Crippen LogP contribution in [-0.2, 0) is 17.1 Å². The van der Waals surface area contributed by atoms with Gasteiger partial charge in [-0.3, -0.25) is 9.69 Å². The number of alkyl halides is 6. The topological polar surface area (TPSA) is 47.1 Å². The fourth-order valence-corrected chi connectivity index (χ4v) is 5.83. The first-order chi connectivity index (χ1) is 19.6. The van der Waals surface area contributed by atoms with Crippen molar-refractivity contribution in [3.05, 3.63) is 70.5 Å². The quantitative estimate of drug-likeness (QED) is 0.384. The van der Waals surface area contributed by atoms with E-state index >= 15 is 0 Å². The smallest absolute Gasteiger partial charge is 0.340 e. The number of urea groups is 1. The highest BCUT2D eigenvalue weighted by Gasteiger charge is 2.41. The molecule has 3 atom stereocenters. The normalized spacial score (nSPS) is 21.3. The Morgan fingerprint density at radius 3 is 2.07 bits per heavy atom. The maximum Gasteiger partial charge on any atom is 0.416 e. The van der Waals surface area contributed by atoms with Crippen molar-refractivity contribution < 1.29 is 40.3 Å². The summed E-state index contributed by atoms with van der Waals surface area (Å²) in [5, 5.41) is 0. The van der Waals surface area contributed by atoms with E-state index in [1.807, 2.05) is 0 Å². The van der Waals surface area contributed by atoms with Gasteiger partial charge in [0.25, 0.3) is 0 Å². The molecule has 2 aromatic carbocycles. The lowest BCUT2D eigenvalue weighted by Crippen LogP contribution is -2.56. The van der Waals surface area contributed by atoms with Gasteiger partial charge in [0.05, 0.1) is 23.2 Å². The third kappa shape index (κ3) is 6.82. The second kappa shape index (κ2) is 12.1. The van der Waals surface area contributed by atoms with Crippen molar-refractivity contribution in [1.82, 2.24) is 19.6 Å². The van der Waals surface area contributed by atoms with Crippen LogP contribution >= 0.6 is 0 Å². The first-order valence-corrected chi connectivity index (χ1v) is 13.6. The highest BCUT2D eigenvalue weighted by atomic mass is 19.4. The van der Waals surface area contributed by atoms with E-state index in [0.29, 0.717) is 62.8 Å². The van der Waals surface area contributed by atoms with E-state index in [0.717, 1.165) is 4.90 Å². The molecule has 2 fully saturated rings. The monoisotopic (exact) mass is 602 g/mol. The number of carbonyl (C=O) groups is 2. The van der Waals surface area contributed by atoms with Crippen molar-refractivity contribution in [3.8, 4) is 0 Å². The van der Waals surface area contributed by atoms with E-state index in [1.54, 1.807) is 17.0 Å². The van der Waals surface area contributed by atoms with Gasteiger partial charge in [-0.1, -0.05) is 12.1 Å².